The predicted octanol–water partition coefficient (Wildman–Crippen LogP) is 4.56. The third-order valence-electron chi connectivity index (χ3n) is 5.65. The Morgan fingerprint density at radius 3 is 2.31 bits per heavy atom. The van der Waals surface area contributed by atoms with Crippen LogP contribution in [0.5, 0.6) is 0 Å². The smallest absolute Gasteiger partial charge is 0.262 e. The van der Waals surface area contributed by atoms with Crippen LogP contribution in [-0.4, -0.2) is 31.3 Å². The molecule has 2 fully saturated rings. The Balaban J connectivity index is 1.59. The molecule has 2 aromatic carbocycles. The molecule has 7 heteroatoms. The van der Waals surface area contributed by atoms with E-state index >= 15 is 0 Å². The Kier molecular flexibility index (Phi) is 5.58. The number of para-hydroxylation sites is 1. The van der Waals surface area contributed by atoms with Gasteiger partial charge in [-0.2, -0.15) is 0 Å². The molecule has 29 heavy (non-hydrogen) atoms. The van der Waals surface area contributed by atoms with Crippen LogP contribution in [0.4, 0.5) is 10.1 Å². The number of halogens is 1. The Morgan fingerprint density at radius 1 is 0.931 bits per heavy atom. The van der Waals surface area contributed by atoms with Crippen molar-refractivity contribution in [3.8, 4) is 0 Å². The lowest BCUT2D eigenvalue weighted by molar-refractivity contribution is 0.0613. The molecule has 4 rings (SSSR count). The van der Waals surface area contributed by atoms with Gasteiger partial charge in [-0.15, -0.1) is 0 Å². The van der Waals surface area contributed by atoms with Gasteiger partial charge in [0.1, 0.15) is 5.82 Å². The summed E-state index contributed by atoms with van der Waals surface area (Å²) >= 11 is 0. The van der Waals surface area contributed by atoms with Crippen LogP contribution in [0.1, 0.15) is 55.3 Å². The molecule has 5 nitrogen and oxygen atoms in total. The fraction of sp³-hybridized carbons (Fsp3) is 0.409. The van der Waals surface area contributed by atoms with Crippen molar-refractivity contribution in [1.82, 2.24) is 4.90 Å². The zero-order valence-electron chi connectivity index (χ0n) is 16.2. The second-order valence-corrected chi connectivity index (χ2v) is 9.53. The van der Waals surface area contributed by atoms with Crippen molar-refractivity contribution in [2.75, 3.05) is 4.72 Å². The molecule has 154 valence electrons. The number of hydrogen-bond acceptors (Lipinski definition) is 3. The van der Waals surface area contributed by atoms with Crippen LogP contribution in [0.25, 0.3) is 0 Å². The highest BCUT2D eigenvalue weighted by Crippen LogP contribution is 2.35. The van der Waals surface area contributed by atoms with Crippen LogP contribution in [0.2, 0.25) is 0 Å². The highest BCUT2D eigenvalue weighted by atomic mass is 32.2. The van der Waals surface area contributed by atoms with Gasteiger partial charge in [-0.25, -0.2) is 12.8 Å². The molecular weight excluding hydrogens is 391 g/mol. The Morgan fingerprint density at radius 2 is 1.62 bits per heavy atom. The van der Waals surface area contributed by atoms with Crippen molar-refractivity contribution >= 4 is 21.6 Å². The van der Waals surface area contributed by atoms with E-state index < -0.39 is 15.8 Å². The molecule has 0 bridgehead atoms. The Hall–Kier alpha value is -2.41. The van der Waals surface area contributed by atoms with Crippen molar-refractivity contribution in [3.63, 3.8) is 0 Å². The summed E-state index contributed by atoms with van der Waals surface area (Å²) in [7, 11) is -4.01. The summed E-state index contributed by atoms with van der Waals surface area (Å²) in [5.41, 5.74) is 0.241. The summed E-state index contributed by atoms with van der Waals surface area (Å²) in [6.45, 7) is 0. The van der Waals surface area contributed by atoms with Gasteiger partial charge in [-0.1, -0.05) is 37.5 Å². The first-order chi connectivity index (χ1) is 14.0. The third-order valence-corrected chi connectivity index (χ3v) is 7.02. The number of sulfonamides is 1. The van der Waals surface area contributed by atoms with Gasteiger partial charge >= 0.3 is 0 Å². The Bertz CT molecular complexity index is 999. The Labute approximate surface area is 171 Å². The normalized spacial score (nSPS) is 17.7. The maximum atomic E-state index is 13.9. The van der Waals surface area contributed by atoms with E-state index in [-0.39, 0.29) is 28.6 Å². The second-order valence-electron chi connectivity index (χ2n) is 7.85. The third kappa shape index (κ3) is 4.45. The number of amides is 1. The fourth-order valence-electron chi connectivity index (χ4n) is 4.03. The summed E-state index contributed by atoms with van der Waals surface area (Å²) < 4.78 is 41.6. The van der Waals surface area contributed by atoms with Gasteiger partial charge in [-0.3, -0.25) is 9.52 Å². The molecule has 0 aromatic heterocycles. The summed E-state index contributed by atoms with van der Waals surface area (Å²) in [6, 6.07) is 12.1. The van der Waals surface area contributed by atoms with E-state index in [0.717, 1.165) is 38.5 Å². The number of carbonyl (C=O) groups is 1. The quantitative estimate of drug-likeness (QED) is 0.750. The van der Waals surface area contributed by atoms with E-state index in [0.29, 0.717) is 5.56 Å². The lowest BCUT2D eigenvalue weighted by Crippen LogP contribution is -2.43. The highest BCUT2D eigenvalue weighted by molar-refractivity contribution is 7.92. The van der Waals surface area contributed by atoms with Gasteiger partial charge in [0.15, 0.2) is 0 Å². The van der Waals surface area contributed by atoms with Gasteiger partial charge in [0.25, 0.3) is 15.9 Å². The molecule has 0 unspecified atom stereocenters. The first kappa shape index (κ1) is 19.9. The van der Waals surface area contributed by atoms with Gasteiger partial charge in [0, 0.05) is 17.6 Å². The van der Waals surface area contributed by atoms with E-state index in [4.69, 9.17) is 0 Å². The number of hydrogen-bond donors (Lipinski definition) is 1. The fourth-order valence-corrected chi connectivity index (χ4v) is 5.15. The lowest BCUT2D eigenvalue weighted by atomic mass is 9.93. The maximum absolute atomic E-state index is 13.9. The van der Waals surface area contributed by atoms with E-state index in [1.54, 1.807) is 18.2 Å². The maximum Gasteiger partial charge on any atom is 0.262 e. The molecule has 0 spiro atoms. The van der Waals surface area contributed by atoms with Crippen LogP contribution in [-0.2, 0) is 10.0 Å². The number of carbonyl (C=O) groups excluding carboxylic acids is 1. The van der Waals surface area contributed by atoms with Crippen molar-refractivity contribution < 1.29 is 17.6 Å². The van der Waals surface area contributed by atoms with Gasteiger partial charge < -0.3 is 4.90 Å². The van der Waals surface area contributed by atoms with E-state index in [2.05, 4.69) is 4.72 Å². The second kappa shape index (κ2) is 8.14. The van der Waals surface area contributed by atoms with Crippen molar-refractivity contribution in [2.45, 2.75) is 61.9 Å². The predicted molar refractivity (Wildman–Crippen MR) is 110 cm³/mol. The molecule has 2 aromatic rings. The van der Waals surface area contributed by atoms with Crippen molar-refractivity contribution in [3.05, 3.63) is 59.9 Å². The molecule has 1 N–H and O–H groups in total. The van der Waals surface area contributed by atoms with Crippen molar-refractivity contribution in [1.29, 1.82) is 0 Å². The van der Waals surface area contributed by atoms with Crippen LogP contribution in [0.3, 0.4) is 0 Å². The number of rotatable bonds is 6. The molecule has 0 saturated heterocycles. The molecule has 0 aliphatic heterocycles. The number of anilines is 1. The van der Waals surface area contributed by atoms with E-state index in [9.17, 15) is 17.6 Å². The van der Waals surface area contributed by atoms with Crippen molar-refractivity contribution in [2.24, 2.45) is 0 Å². The van der Waals surface area contributed by atoms with Gasteiger partial charge in [0.2, 0.25) is 0 Å². The van der Waals surface area contributed by atoms with Crippen LogP contribution in [0, 0.1) is 5.82 Å². The SMILES string of the molecule is O=C(c1cccc(S(=O)(=O)Nc2ccccc2F)c1)N(C1CCCCC1)C1CC1. The summed E-state index contributed by atoms with van der Waals surface area (Å²) in [6.07, 6.45) is 7.50. The van der Waals surface area contributed by atoms with Gasteiger partial charge in [-0.05, 0) is 56.0 Å². The van der Waals surface area contributed by atoms with E-state index in [1.807, 2.05) is 4.90 Å². The van der Waals surface area contributed by atoms with Crippen LogP contribution < -0.4 is 4.72 Å². The molecule has 1 amide bonds. The summed E-state index contributed by atoms with van der Waals surface area (Å²) in [4.78, 5) is 15.2. The monoisotopic (exact) mass is 416 g/mol. The van der Waals surface area contributed by atoms with Gasteiger partial charge in [0.05, 0.1) is 10.6 Å². The topological polar surface area (TPSA) is 66.5 Å². The average molecular weight is 417 g/mol. The van der Waals surface area contributed by atoms with Crippen LogP contribution in [0.15, 0.2) is 53.4 Å². The molecule has 0 heterocycles. The molecule has 2 saturated carbocycles. The minimum Gasteiger partial charge on any atom is -0.333 e. The van der Waals surface area contributed by atoms with Crippen LogP contribution >= 0.6 is 0 Å². The molecular formula is C22H25FN2O3S. The standard InChI is InChI=1S/C22H25FN2O3S/c23-20-11-4-5-12-21(20)24-29(27,28)19-10-6-7-16(15-19)22(26)25(18-13-14-18)17-8-2-1-3-9-17/h4-7,10-12,15,17-18,24H,1-3,8-9,13-14H2. The zero-order valence-corrected chi connectivity index (χ0v) is 17.0. The van der Waals surface area contributed by atoms with E-state index in [1.165, 1.54) is 36.8 Å². The largest absolute Gasteiger partial charge is 0.333 e. The minimum absolute atomic E-state index is 0.0500. The molecule has 0 atom stereocenters. The first-order valence-electron chi connectivity index (χ1n) is 10.2. The first-order valence-corrected chi connectivity index (χ1v) is 11.6. The average Bonchev–Trinajstić information content (AvgIpc) is 3.56. The number of benzene rings is 2. The molecule has 2 aliphatic rings. The molecule has 0 radical (unpaired) electrons. The zero-order chi connectivity index (χ0) is 20.4. The lowest BCUT2D eigenvalue weighted by Gasteiger charge is -2.34. The molecule has 2 aliphatic carbocycles. The highest BCUT2D eigenvalue weighted by Gasteiger charge is 2.38. The summed E-state index contributed by atoms with van der Waals surface area (Å²) in [5, 5.41) is 0. The minimum atomic E-state index is -4.01. The number of nitrogens with one attached hydrogen (secondary N) is 1. The number of nitrogens with zero attached hydrogens (tertiary/aromatic N) is 1. The summed E-state index contributed by atoms with van der Waals surface area (Å²) in [5.74, 6) is -0.761.